The summed E-state index contributed by atoms with van der Waals surface area (Å²) in [4.78, 5) is 4.30. The molecule has 1 aromatic carbocycles. The first-order valence-corrected chi connectivity index (χ1v) is 6.82. The van der Waals surface area contributed by atoms with E-state index in [1.807, 2.05) is 29.8 Å². The topological polar surface area (TPSA) is 61.8 Å². The van der Waals surface area contributed by atoms with Gasteiger partial charge in [-0.3, -0.25) is 0 Å². The molecule has 0 saturated carbocycles. The third-order valence-corrected chi connectivity index (χ3v) is 4.19. The van der Waals surface area contributed by atoms with Crippen molar-refractivity contribution in [1.82, 2.24) is 9.55 Å². The lowest BCUT2D eigenvalue weighted by Gasteiger charge is -2.12. The van der Waals surface area contributed by atoms with Crippen molar-refractivity contribution in [2.45, 2.75) is 23.9 Å². The monoisotopic (exact) mass is 273 g/mol. The SMILES string of the molecule is C[C@@H](Sc1ncc(CO)n1C)c1cccc(C#N)c1. The zero-order chi connectivity index (χ0) is 13.8. The summed E-state index contributed by atoms with van der Waals surface area (Å²) in [5, 5.41) is 19.1. The van der Waals surface area contributed by atoms with Crippen LogP contribution in [-0.4, -0.2) is 14.7 Å². The molecule has 0 aliphatic rings. The van der Waals surface area contributed by atoms with Gasteiger partial charge in [-0.25, -0.2) is 4.98 Å². The summed E-state index contributed by atoms with van der Waals surface area (Å²) in [6, 6.07) is 9.74. The summed E-state index contributed by atoms with van der Waals surface area (Å²) in [7, 11) is 1.89. The largest absolute Gasteiger partial charge is 0.390 e. The number of imidazole rings is 1. The highest BCUT2D eigenvalue weighted by atomic mass is 32.2. The fourth-order valence-corrected chi connectivity index (χ4v) is 2.76. The lowest BCUT2D eigenvalue weighted by Crippen LogP contribution is -1.99. The fourth-order valence-electron chi connectivity index (χ4n) is 1.77. The Morgan fingerprint density at radius 3 is 2.95 bits per heavy atom. The van der Waals surface area contributed by atoms with E-state index in [0.717, 1.165) is 16.4 Å². The van der Waals surface area contributed by atoms with Crippen molar-refractivity contribution in [1.29, 1.82) is 5.26 Å². The van der Waals surface area contributed by atoms with Crippen molar-refractivity contribution in [3.63, 3.8) is 0 Å². The third kappa shape index (κ3) is 2.98. The van der Waals surface area contributed by atoms with Crippen LogP contribution in [0, 0.1) is 11.3 Å². The molecule has 19 heavy (non-hydrogen) atoms. The van der Waals surface area contributed by atoms with Crippen LogP contribution in [0.4, 0.5) is 0 Å². The maximum absolute atomic E-state index is 9.15. The molecule has 0 aliphatic heterocycles. The summed E-state index contributed by atoms with van der Waals surface area (Å²) < 4.78 is 1.88. The van der Waals surface area contributed by atoms with E-state index in [1.165, 1.54) is 0 Å². The summed E-state index contributed by atoms with van der Waals surface area (Å²) in [6.45, 7) is 2.07. The van der Waals surface area contributed by atoms with Gasteiger partial charge in [0.05, 0.1) is 30.1 Å². The second-order valence-electron chi connectivity index (χ2n) is 4.25. The molecule has 0 bridgehead atoms. The van der Waals surface area contributed by atoms with Gasteiger partial charge in [-0.2, -0.15) is 5.26 Å². The van der Waals surface area contributed by atoms with Crippen LogP contribution in [0.3, 0.4) is 0 Å². The number of aromatic nitrogens is 2. The number of nitriles is 1. The summed E-state index contributed by atoms with van der Waals surface area (Å²) in [6.07, 6.45) is 1.68. The molecule has 1 heterocycles. The lowest BCUT2D eigenvalue weighted by molar-refractivity contribution is 0.271. The Morgan fingerprint density at radius 1 is 1.53 bits per heavy atom. The Labute approximate surface area is 116 Å². The normalized spacial score (nSPS) is 12.1. The molecule has 2 rings (SSSR count). The number of aliphatic hydroxyl groups is 1. The average molecular weight is 273 g/mol. The summed E-state index contributed by atoms with van der Waals surface area (Å²) in [5.74, 6) is 0. The van der Waals surface area contributed by atoms with Gasteiger partial charge in [-0.15, -0.1) is 0 Å². The predicted octanol–water partition coefficient (Wildman–Crippen LogP) is 2.64. The van der Waals surface area contributed by atoms with E-state index >= 15 is 0 Å². The van der Waals surface area contributed by atoms with Gasteiger partial charge in [-0.1, -0.05) is 23.9 Å². The Balaban J connectivity index is 2.18. The van der Waals surface area contributed by atoms with Gasteiger partial charge in [-0.05, 0) is 24.6 Å². The van der Waals surface area contributed by atoms with Gasteiger partial charge in [0.15, 0.2) is 5.16 Å². The van der Waals surface area contributed by atoms with Crippen LogP contribution in [0.15, 0.2) is 35.6 Å². The summed E-state index contributed by atoms with van der Waals surface area (Å²) in [5.41, 5.74) is 2.55. The molecule has 0 radical (unpaired) electrons. The van der Waals surface area contributed by atoms with Gasteiger partial charge >= 0.3 is 0 Å². The third-order valence-electron chi connectivity index (χ3n) is 2.97. The molecular weight excluding hydrogens is 258 g/mol. The minimum absolute atomic E-state index is 0.0115. The minimum atomic E-state index is -0.0115. The first kappa shape index (κ1) is 13.7. The molecule has 98 valence electrons. The van der Waals surface area contributed by atoms with Gasteiger partial charge < -0.3 is 9.67 Å². The van der Waals surface area contributed by atoms with E-state index < -0.39 is 0 Å². The number of thioether (sulfide) groups is 1. The first-order valence-electron chi connectivity index (χ1n) is 5.94. The van der Waals surface area contributed by atoms with Crippen molar-refractivity contribution < 1.29 is 5.11 Å². The van der Waals surface area contributed by atoms with Crippen LogP contribution in [0.1, 0.15) is 29.0 Å². The minimum Gasteiger partial charge on any atom is -0.390 e. The van der Waals surface area contributed by atoms with Gasteiger partial charge in [0.2, 0.25) is 0 Å². The number of aliphatic hydroxyl groups excluding tert-OH is 1. The Kier molecular flexibility index (Phi) is 4.25. The van der Waals surface area contributed by atoms with Crippen molar-refractivity contribution in [2.24, 2.45) is 7.05 Å². The molecule has 4 nitrogen and oxygen atoms in total. The Bertz CT molecular complexity index is 615. The van der Waals surface area contributed by atoms with Gasteiger partial charge in [0.1, 0.15) is 0 Å². The molecular formula is C14H15N3OS. The van der Waals surface area contributed by atoms with E-state index in [0.29, 0.717) is 5.56 Å². The van der Waals surface area contributed by atoms with Crippen LogP contribution in [0.2, 0.25) is 0 Å². The van der Waals surface area contributed by atoms with E-state index in [4.69, 9.17) is 10.4 Å². The highest BCUT2D eigenvalue weighted by Crippen LogP contribution is 2.34. The zero-order valence-electron chi connectivity index (χ0n) is 10.9. The molecule has 1 N–H and O–H groups in total. The molecule has 1 aromatic heterocycles. The van der Waals surface area contributed by atoms with Crippen LogP contribution in [-0.2, 0) is 13.7 Å². The predicted molar refractivity (Wildman–Crippen MR) is 74.6 cm³/mol. The van der Waals surface area contributed by atoms with E-state index in [9.17, 15) is 0 Å². The fraction of sp³-hybridized carbons (Fsp3) is 0.286. The Morgan fingerprint density at radius 2 is 2.32 bits per heavy atom. The first-order chi connectivity index (χ1) is 9.15. The average Bonchev–Trinajstić information content (AvgIpc) is 2.79. The molecule has 0 saturated heterocycles. The second kappa shape index (κ2) is 5.91. The molecule has 0 fully saturated rings. The molecule has 2 aromatic rings. The van der Waals surface area contributed by atoms with Crippen molar-refractivity contribution in [2.75, 3.05) is 0 Å². The van der Waals surface area contributed by atoms with Crippen LogP contribution in [0.25, 0.3) is 0 Å². The van der Waals surface area contributed by atoms with Gasteiger partial charge in [0.25, 0.3) is 0 Å². The quantitative estimate of drug-likeness (QED) is 0.870. The standard InChI is InChI=1S/C14H15N3OS/c1-10(12-5-3-4-11(6-12)7-15)19-14-16-8-13(9-18)17(14)2/h3-6,8,10,18H,9H2,1-2H3/t10-/m1/s1. The highest BCUT2D eigenvalue weighted by Gasteiger charge is 2.13. The zero-order valence-corrected chi connectivity index (χ0v) is 11.7. The van der Waals surface area contributed by atoms with Crippen molar-refractivity contribution in [3.8, 4) is 6.07 Å². The van der Waals surface area contributed by atoms with Crippen molar-refractivity contribution >= 4 is 11.8 Å². The molecule has 0 unspecified atom stereocenters. The Hall–Kier alpha value is -1.77. The summed E-state index contributed by atoms with van der Waals surface area (Å²) >= 11 is 1.61. The number of hydrogen-bond acceptors (Lipinski definition) is 4. The molecule has 1 atom stereocenters. The maximum Gasteiger partial charge on any atom is 0.168 e. The van der Waals surface area contributed by atoms with E-state index in [-0.39, 0.29) is 11.9 Å². The number of nitrogens with zero attached hydrogens (tertiary/aromatic N) is 3. The van der Waals surface area contributed by atoms with Crippen LogP contribution in [0.5, 0.6) is 0 Å². The highest BCUT2D eigenvalue weighted by molar-refractivity contribution is 7.99. The van der Waals surface area contributed by atoms with Gasteiger partial charge in [0, 0.05) is 12.3 Å². The van der Waals surface area contributed by atoms with E-state index in [1.54, 1.807) is 24.0 Å². The number of rotatable bonds is 4. The van der Waals surface area contributed by atoms with Crippen molar-refractivity contribution in [3.05, 3.63) is 47.3 Å². The smallest absolute Gasteiger partial charge is 0.168 e. The molecule has 0 spiro atoms. The second-order valence-corrected chi connectivity index (χ2v) is 5.55. The van der Waals surface area contributed by atoms with Crippen LogP contribution < -0.4 is 0 Å². The maximum atomic E-state index is 9.15. The van der Waals surface area contributed by atoms with Crippen LogP contribution >= 0.6 is 11.8 Å². The lowest BCUT2D eigenvalue weighted by atomic mass is 10.1. The number of hydrogen-bond donors (Lipinski definition) is 1. The number of benzene rings is 1. The molecule has 5 heteroatoms. The molecule has 0 amide bonds. The molecule has 0 aliphatic carbocycles. The van der Waals surface area contributed by atoms with E-state index in [2.05, 4.69) is 18.0 Å².